The van der Waals surface area contributed by atoms with Gasteiger partial charge in [0.25, 0.3) is 11.7 Å². The van der Waals surface area contributed by atoms with Crippen LogP contribution in [-0.2, 0) is 9.59 Å². The van der Waals surface area contributed by atoms with E-state index in [9.17, 15) is 19.8 Å². The summed E-state index contributed by atoms with van der Waals surface area (Å²) < 4.78 is 5.56. The van der Waals surface area contributed by atoms with E-state index in [1.807, 2.05) is 36.4 Å². The second-order valence-electron chi connectivity index (χ2n) is 8.06. The number of nitrogens with zero attached hydrogens (tertiary/aromatic N) is 2. The fourth-order valence-electron chi connectivity index (χ4n) is 4.45. The van der Waals surface area contributed by atoms with Crippen LogP contribution in [0.3, 0.4) is 0 Å². The lowest BCUT2D eigenvalue weighted by Gasteiger charge is -2.27. The molecule has 0 radical (unpaired) electrons. The normalized spacial score (nSPS) is 17.2. The van der Waals surface area contributed by atoms with E-state index >= 15 is 0 Å². The third-order valence-corrected chi connectivity index (χ3v) is 6.02. The first kappa shape index (κ1) is 22.2. The maximum Gasteiger partial charge on any atom is 0.300 e. The first-order valence-corrected chi connectivity index (χ1v) is 11.2. The van der Waals surface area contributed by atoms with Gasteiger partial charge in [0.15, 0.2) is 11.5 Å². The van der Waals surface area contributed by atoms with Gasteiger partial charge in [0.1, 0.15) is 5.76 Å². The van der Waals surface area contributed by atoms with E-state index in [1.54, 1.807) is 37.3 Å². The van der Waals surface area contributed by atoms with Crippen molar-refractivity contribution in [3.8, 4) is 11.5 Å². The van der Waals surface area contributed by atoms with Gasteiger partial charge < -0.3 is 14.9 Å². The zero-order valence-corrected chi connectivity index (χ0v) is 18.9. The van der Waals surface area contributed by atoms with Crippen molar-refractivity contribution in [1.29, 1.82) is 0 Å². The highest BCUT2D eigenvalue weighted by molar-refractivity contribution is 6.52. The van der Waals surface area contributed by atoms with Crippen LogP contribution in [0.15, 0.2) is 90.8 Å². The van der Waals surface area contributed by atoms with E-state index in [0.29, 0.717) is 23.4 Å². The molecule has 1 amide bonds. The zero-order valence-electron chi connectivity index (χ0n) is 18.9. The Kier molecular flexibility index (Phi) is 5.66. The quantitative estimate of drug-likeness (QED) is 0.245. The third kappa shape index (κ3) is 3.77. The van der Waals surface area contributed by atoms with Crippen LogP contribution in [0.4, 0.5) is 5.69 Å². The smallest absolute Gasteiger partial charge is 0.300 e. The second-order valence-corrected chi connectivity index (χ2v) is 8.06. The number of aromatic nitrogens is 1. The van der Waals surface area contributed by atoms with Crippen molar-refractivity contribution in [3.63, 3.8) is 0 Å². The molecule has 7 nitrogen and oxygen atoms in total. The molecular weight excluding hydrogens is 444 g/mol. The third-order valence-electron chi connectivity index (χ3n) is 6.02. The number of phenolic OH excluding ortho intramolecular Hbond substituents is 1. The minimum Gasteiger partial charge on any atom is -0.507 e. The summed E-state index contributed by atoms with van der Waals surface area (Å²) in [5.41, 5.74) is 1.36. The number of fused-ring (bicyclic) bond motifs is 1. The summed E-state index contributed by atoms with van der Waals surface area (Å²) in [6, 6.07) is 19.9. The number of carbonyl (C=O) groups excluding carboxylic acids is 2. The molecular formula is C28H22N2O5. The summed E-state index contributed by atoms with van der Waals surface area (Å²) >= 11 is 0. The van der Waals surface area contributed by atoms with E-state index in [0.717, 1.165) is 10.8 Å². The highest BCUT2D eigenvalue weighted by atomic mass is 16.5. The molecule has 2 N–H and O–H groups in total. The molecule has 1 saturated heterocycles. The van der Waals surface area contributed by atoms with Crippen LogP contribution in [0.1, 0.15) is 24.1 Å². The molecule has 7 heteroatoms. The van der Waals surface area contributed by atoms with Crippen LogP contribution in [0.2, 0.25) is 0 Å². The Bertz CT molecular complexity index is 1470. The zero-order chi connectivity index (χ0) is 24.5. The Morgan fingerprint density at radius 2 is 1.74 bits per heavy atom. The average molecular weight is 466 g/mol. The molecule has 0 bridgehead atoms. The van der Waals surface area contributed by atoms with Crippen molar-refractivity contribution < 1.29 is 24.5 Å². The van der Waals surface area contributed by atoms with Gasteiger partial charge in [-0.2, -0.15) is 0 Å². The molecule has 0 aliphatic carbocycles. The number of Topliss-reactive ketones (excluding diaryl/α,β-unsaturated/α-hetero) is 1. The second kappa shape index (κ2) is 8.95. The first-order chi connectivity index (χ1) is 17.0. The molecule has 1 atom stereocenters. The fraction of sp³-hybridized carbons (Fsp3) is 0.107. The SMILES string of the molecule is CCOc1cc(C2/C(=C(\O)c3ccncc3)C(=O)C(=O)N2c2cccc3ccccc23)ccc1O. The molecule has 3 aromatic carbocycles. The average Bonchev–Trinajstić information content (AvgIpc) is 3.15. The number of aromatic hydroxyl groups is 1. The predicted molar refractivity (Wildman–Crippen MR) is 132 cm³/mol. The number of ether oxygens (including phenoxy) is 1. The van der Waals surface area contributed by atoms with Gasteiger partial charge in [0.2, 0.25) is 0 Å². The van der Waals surface area contributed by atoms with Gasteiger partial charge in [-0.3, -0.25) is 19.5 Å². The number of rotatable bonds is 5. The van der Waals surface area contributed by atoms with Gasteiger partial charge in [-0.25, -0.2) is 0 Å². The Hall–Kier alpha value is -4.65. The van der Waals surface area contributed by atoms with E-state index in [2.05, 4.69) is 4.98 Å². The molecule has 35 heavy (non-hydrogen) atoms. The molecule has 1 aliphatic heterocycles. The van der Waals surface area contributed by atoms with Crippen LogP contribution >= 0.6 is 0 Å². The van der Waals surface area contributed by atoms with E-state index in [4.69, 9.17) is 4.74 Å². The summed E-state index contributed by atoms with van der Waals surface area (Å²) in [6.07, 6.45) is 3.00. The van der Waals surface area contributed by atoms with E-state index in [1.165, 1.54) is 23.4 Å². The number of hydrogen-bond donors (Lipinski definition) is 2. The number of pyridine rings is 1. The molecule has 1 unspecified atom stereocenters. The number of amides is 1. The van der Waals surface area contributed by atoms with Crippen molar-refractivity contribution >= 4 is 33.9 Å². The lowest BCUT2D eigenvalue weighted by Crippen LogP contribution is -2.29. The number of anilines is 1. The Morgan fingerprint density at radius 1 is 1.00 bits per heavy atom. The standard InChI is InChI=1S/C28H22N2O5/c1-2-35-23-16-19(10-11-22(23)31)25-24(26(32)18-12-14-29-15-13-18)27(33)28(34)30(25)21-9-5-7-17-6-3-4-8-20(17)21/h3-16,25,31-32H,2H2,1H3/b26-24+. The number of aliphatic hydroxyl groups is 1. The van der Waals surface area contributed by atoms with Gasteiger partial charge in [-0.1, -0.05) is 42.5 Å². The topological polar surface area (TPSA) is 100.0 Å². The molecule has 2 heterocycles. The van der Waals surface area contributed by atoms with Crippen molar-refractivity contribution in [2.75, 3.05) is 11.5 Å². The van der Waals surface area contributed by atoms with E-state index in [-0.39, 0.29) is 22.8 Å². The van der Waals surface area contributed by atoms with Crippen LogP contribution in [-0.4, -0.2) is 33.5 Å². The maximum atomic E-state index is 13.5. The van der Waals surface area contributed by atoms with E-state index < -0.39 is 17.7 Å². The highest BCUT2D eigenvalue weighted by Gasteiger charge is 2.47. The summed E-state index contributed by atoms with van der Waals surface area (Å²) in [7, 11) is 0. The predicted octanol–water partition coefficient (Wildman–Crippen LogP) is 4.97. The Balaban J connectivity index is 1.79. The van der Waals surface area contributed by atoms with Gasteiger partial charge in [-0.05, 0) is 48.2 Å². The first-order valence-electron chi connectivity index (χ1n) is 11.2. The number of hydrogen-bond acceptors (Lipinski definition) is 6. The summed E-state index contributed by atoms with van der Waals surface area (Å²) in [6.45, 7) is 2.11. The van der Waals surface area contributed by atoms with Crippen molar-refractivity contribution in [2.24, 2.45) is 0 Å². The number of phenols is 1. The molecule has 1 aromatic heterocycles. The molecule has 0 spiro atoms. The van der Waals surface area contributed by atoms with Crippen molar-refractivity contribution in [1.82, 2.24) is 4.98 Å². The summed E-state index contributed by atoms with van der Waals surface area (Å²) in [4.78, 5) is 32.3. The maximum absolute atomic E-state index is 13.5. The van der Waals surface area contributed by atoms with Crippen molar-refractivity contribution in [3.05, 3.63) is 102 Å². The van der Waals surface area contributed by atoms with Crippen LogP contribution in [0.25, 0.3) is 16.5 Å². The monoisotopic (exact) mass is 466 g/mol. The summed E-state index contributed by atoms with van der Waals surface area (Å²) in [5, 5.41) is 23.2. The largest absolute Gasteiger partial charge is 0.507 e. The minimum atomic E-state index is -0.950. The Labute approximate surface area is 201 Å². The minimum absolute atomic E-state index is 0.0535. The van der Waals surface area contributed by atoms with Gasteiger partial charge in [-0.15, -0.1) is 0 Å². The number of aliphatic hydroxyl groups excluding tert-OH is 1. The number of ketones is 1. The highest BCUT2D eigenvalue weighted by Crippen LogP contribution is 2.45. The lowest BCUT2D eigenvalue weighted by atomic mass is 9.94. The van der Waals surface area contributed by atoms with Gasteiger partial charge >= 0.3 is 0 Å². The number of carbonyl (C=O) groups is 2. The fourth-order valence-corrected chi connectivity index (χ4v) is 4.45. The molecule has 174 valence electrons. The molecule has 4 aromatic rings. The van der Waals surface area contributed by atoms with Crippen LogP contribution in [0.5, 0.6) is 11.5 Å². The molecule has 5 rings (SSSR count). The van der Waals surface area contributed by atoms with Crippen molar-refractivity contribution in [2.45, 2.75) is 13.0 Å². The summed E-state index contributed by atoms with van der Waals surface area (Å²) in [5.74, 6) is -1.70. The van der Waals surface area contributed by atoms with Gasteiger partial charge in [0.05, 0.1) is 23.9 Å². The molecule has 1 aliphatic rings. The van der Waals surface area contributed by atoms with Crippen LogP contribution < -0.4 is 9.64 Å². The Morgan fingerprint density at radius 3 is 2.51 bits per heavy atom. The van der Waals surface area contributed by atoms with Crippen LogP contribution in [0, 0.1) is 0 Å². The lowest BCUT2D eigenvalue weighted by molar-refractivity contribution is -0.132. The number of benzene rings is 3. The van der Waals surface area contributed by atoms with Gasteiger partial charge in [0, 0.05) is 23.3 Å². The molecule has 0 saturated carbocycles. The molecule has 1 fully saturated rings.